The summed E-state index contributed by atoms with van der Waals surface area (Å²) in [4.78, 5) is 38.2. The Labute approximate surface area is 452 Å². The Balaban J connectivity index is 4.46. The van der Waals surface area contributed by atoms with Gasteiger partial charge in [0.25, 0.3) is 0 Å². The molecule has 0 aliphatic carbocycles. The molecule has 0 unspecified atom stereocenters. The molecule has 0 spiro atoms. The number of carbonyl (C=O) groups excluding carboxylic acids is 3. The molecular weight excluding hydrogens is 901 g/mol. The molecule has 0 rings (SSSR count). The van der Waals surface area contributed by atoms with Gasteiger partial charge in [0.05, 0.1) is 0 Å². The van der Waals surface area contributed by atoms with Gasteiger partial charge in [-0.05, 0) is 109 Å². The first-order valence-corrected chi connectivity index (χ1v) is 31.1. The van der Waals surface area contributed by atoms with Gasteiger partial charge in [-0.1, -0.05) is 260 Å². The summed E-state index contributed by atoms with van der Waals surface area (Å²) in [6.07, 6.45) is 80.2. The van der Waals surface area contributed by atoms with E-state index in [9.17, 15) is 14.4 Å². The lowest BCUT2D eigenvalue weighted by atomic mass is 10.0. The third kappa shape index (κ3) is 59.3. The largest absolute Gasteiger partial charge is 0.462 e. The fraction of sp³-hybridized carbons (Fsp3) is 0.746. The summed E-state index contributed by atoms with van der Waals surface area (Å²) in [6, 6.07) is 0. The van der Waals surface area contributed by atoms with Gasteiger partial charge in [0, 0.05) is 19.3 Å². The number of allylic oxidation sites excluding steroid dienone is 14. The van der Waals surface area contributed by atoms with Crippen LogP contribution in [0.5, 0.6) is 0 Å². The molecule has 0 aromatic rings. The van der Waals surface area contributed by atoms with Crippen molar-refractivity contribution < 1.29 is 28.6 Å². The molecule has 0 radical (unpaired) electrons. The summed E-state index contributed by atoms with van der Waals surface area (Å²) in [6.45, 7) is 6.55. The smallest absolute Gasteiger partial charge is 0.306 e. The predicted molar refractivity (Wildman–Crippen MR) is 316 cm³/mol. The Hall–Kier alpha value is -3.41. The first kappa shape index (κ1) is 69.6. The minimum absolute atomic E-state index is 0.101. The lowest BCUT2D eigenvalue weighted by molar-refractivity contribution is -0.166. The maximum Gasteiger partial charge on any atom is 0.306 e. The van der Waals surface area contributed by atoms with E-state index in [4.69, 9.17) is 14.2 Å². The summed E-state index contributed by atoms with van der Waals surface area (Å²) >= 11 is 0. The summed E-state index contributed by atoms with van der Waals surface area (Å²) in [7, 11) is 0. The van der Waals surface area contributed by atoms with E-state index >= 15 is 0 Å². The second-order valence-corrected chi connectivity index (χ2v) is 20.6. The Morgan fingerprint density at radius 3 is 0.904 bits per heavy atom. The molecular formula is C67H116O6. The van der Waals surface area contributed by atoms with Crippen molar-refractivity contribution in [2.24, 2.45) is 0 Å². The van der Waals surface area contributed by atoms with Gasteiger partial charge in [-0.15, -0.1) is 0 Å². The fourth-order valence-electron chi connectivity index (χ4n) is 8.65. The number of hydrogen-bond donors (Lipinski definition) is 0. The molecule has 1 atom stereocenters. The van der Waals surface area contributed by atoms with Gasteiger partial charge in [0.2, 0.25) is 0 Å². The highest BCUT2D eigenvalue weighted by atomic mass is 16.6. The molecule has 0 fully saturated rings. The first-order valence-electron chi connectivity index (χ1n) is 31.1. The summed E-state index contributed by atoms with van der Waals surface area (Å²) in [5, 5.41) is 0. The van der Waals surface area contributed by atoms with E-state index in [1.807, 2.05) is 6.08 Å². The van der Waals surface area contributed by atoms with Gasteiger partial charge in [-0.2, -0.15) is 0 Å². The van der Waals surface area contributed by atoms with Crippen LogP contribution in [0, 0.1) is 0 Å². The molecule has 0 saturated carbocycles. The van der Waals surface area contributed by atoms with Gasteiger partial charge in [0.15, 0.2) is 6.10 Å². The molecule has 0 aromatic carbocycles. The summed E-state index contributed by atoms with van der Waals surface area (Å²) in [5.41, 5.74) is 0. The quantitative estimate of drug-likeness (QED) is 0.0261. The molecule has 0 bridgehead atoms. The highest BCUT2D eigenvalue weighted by Gasteiger charge is 2.19. The van der Waals surface area contributed by atoms with Crippen molar-refractivity contribution in [3.8, 4) is 0 Å². The molecule has 0 N–H and O–H groups in total. The third-order valence-electron chi connectivity index (χ3n) is 13.4. The van der Waals surface area contributed by atoms with Crippen molar-refractivity contribution in [1.29, 1.82) is 0 Å². The second-order valence-electron chi connectivity index (χ2n) is 20.6. The van der Waals surface area contributed by atoms with Crippen LogP contribution in [0.4, 0.5) is 0 Å². The molecule has 0 aliphatic rings. The zero-order valence-corrected chi connectivity index (χ0v) is 48.1. The van der Waals surface area contributed by atoms with Gasteiger partial charge in [-0.25, -0.2) is 0 Å². The van der Waals surface area contributed by atoms with Crippen LogP contribution in [-0.4, -0.2) is 37.2 Å². The van der Waals surface area contributed by atoms with E-state index < -0.39 is 6.10 Å². The van der Waals surface area contributed by atoms with E-state index in [-0.39, 0.29) is 37.5 Å². The highest BCUT2D eigenvalue weighted by molar-refractivity contribution is 5.71. The molecule has 6 heteroatoms. The Kier molecular flexibility index (Phi) is 58.3. The van der Waals surface area contributed by atoms with E-state index in [0.717, 1.165) is 64.2 Å². The minimum Gasteiger partial charge on any atom is -0.462 e. The molecule has 0 aromatic heterocycles. The van der Waals surface area contributed by atoms with Crippen LogP contribution >= 0.6 is 0 Å². The van der Waals surface area contributed by atoms with Gasteiger partial charge < -0.3 is 14.2 Å². The summed E-state index contributed by atoms with van der Waals surface area (Å²) in [5.74, 6) is -0.982. The zero-order chi connectivity index (χ0) is 52.9. The SMILES string of the molecule is CCCCC/C=C\C/C=C\C/C=C\C/C=C\C/C=C\CCC(=O)OC[C@H](COC(=O)CCCCCCCCC/C=C\CCCCCC)OC(=O)CCCCCCCCCCCCC/C=C\CCCCCCCC. The maximum atomic E-state index is 12.9. The van der Waals surface area contributed by atoms with Crippen LogP contribution in [0.3, 0.4) is 0 Å². The lowest BCUT2D eigenvalue weighted by Gasteiger charge is -2.18. The topological polar surface area (TPSA) is 78.9 Å². The monoisotopic (exact) mass is 1020 g/mol. The maximum absolute atomic E-state index is 12.9. The molecule has 420 valence electrons. The standard InChI is InChI=1S/C67H116O6/c1-4-7-10-13-16-19-22-25-28-30-32-33-35-37-40-43-46-49-52-55-58-61-67(70)73-64(62-71-65(68)59-56-53-50-47-44-41-38-27-24-21-18-15-12-9-6-3)63-72-66(69)60-57-54-51-48-45-42-39-36-34-31-29-26-23-20-17-14-11-8-5-2/h17,20-21,24-26,28-29,34,36,42,45,51,54,64H,4-16,18-19,22-23,27,30-33,35,37-41,43-44,46-50,52-53,55-63H2,1-3H3/b20-17-,24-21-,28-25-,29-26-,36-34-,45-42-,54-51-/t64-/m0/s1. The number of rotatable bonds is 56. The van der Waals surface area contributed by atoms with Crippen molar-refractivity contribution in [1.82, 2.24) is 0 Å². The van der Waals surface area contributed by atoms with E-state index in [0.29, 0.717) is 19.3 Å². The average Bonchev–Trinajstić information content (AvgIpc) is 3.39. The molecule has 0 aliphatic heterocycles. The molecule has 0 heterocycles. The first-order chi connectivity index (χ1) is 36.0. The number of hydrogen-bond acceptors (Lipinski definition) is 6. The Bertz CT molecular complexity index is 1400. The zero-order valence-electron chi connectivity index (χ0n) is 48.1. The number of esters is 3. The van der Waals surface area contributed by atoms with E-state index in [2.05, 4.69) is 99.8 Å². The Morgan fingerprint density at radius 2 is 0.521 bits per heavy atom. The van der Waals surface area contributed by atoms with Gasteiger partial charge in [0.1, 0.15) is 13.2 Å². The average molecular weight is 1020 g/mol. The van der Waals surface area contributed by atoms with Crippen molar-refractivity contribution in [2.45, 2.75) is 309 Å². The second kappa shape index (κ2) is 61.1. The molecule has 0 amide bonds. The molecule has 73 heavy (non-hydrogen) atoms. The Morgan fingerprint density at radius 1 is 0.274 bits per heavy atom. The van der Waals surface area contributed by atoms with Crippen LogP contribution in [0.15, 0.2) is 85.1 Å². The highest BCUT2D eigenvalue weighted by Crippen LogP contribution is 2.16. The number of carbonyl (C=O) groups is 3. The van der Waals surface area contributed by atoms with Crippen LogP contribution < -0.4 is 0 Å². The van der Waals surface area contributed by atoms with Crippen LogP contribution in [0.1, 0.15) is 303 Å². The van der Waals surface area contributed by atoms with Crippen molar-refractivity contribution >= 4 is 17.9 Å². The molecule has 0 saturated heterocycles. The number of unbranched alkanes of at least 4 members (excludes halogenated alkanes) is 31. The van der Waals surface area contributed by atoms with E-state index in [1.54, 1.807) is 0 Å². The van der Waals surface area contributed by atoms with Crippen molar-refractivity contribution in [3.05, 3.63) is 85.1 Å². The van der Waals surface area contributed by atoms with Crippen LogP contribution in [-0.2, 0) is 28.6 Å². The fourth-order valence-corrected chi connectivity index (χ4v) is 8.65. The molecule has 6 nitrogen and oxygen atoms in total. The lowest BCUT2D eigenvalue weighted by Crippen LogP contribution is -2.30. The third-order valence-corrected chi connectivity index (χ3v) is 13.4. The summed E-state index contributed by atoms with van der Waals surface area (Å²) < 4.78 is 16.8. The van der Waals surface area contributed by atoms with E-state index in [1.165, 1.54) is 193 Å². The van der Waals surface area contributed by atoms with Gasteiger partial charge >= 0.3 is 17.9 Å². The van der Waals surface area contributed by atoms with Gasteiger partial charge in [-0.3, -0.25) is 14.4 Å². The minimum atomic E-state index is -0.810. The predicted octanol–water partition coefficient (Wildman–Crippen LogP) is 21.1. The van der Waals surface area contributed by atoms with Crippen LogP contribution in [0.2, 0.25) is 0 Å². The van der Waals surface area contributed by atoms with Crippen molar-refractivity contribution in [3.63, 3.8) is 0 Å². The van der Waals surface area contributed by atoms with Crippen molar-refractivity contribution in [2.75, 3.05) is 13.2 Å². The van der Waals surface area contributed by atoms with Crippen LogP contribution in [0.25, 0.3) is 0 Å². The normalized spacial score (nSPS) is 12.6. The number of ether oxygens (including phenoxy) is 3.